The van der Waals surface area contributed by atoms with Crippen LogP contribution in [0.1, 0.15) is 49.9 Å². The fourth-order valence-corrected chi connectivity index (χ4v) is 4.45. The lowest BCUT2D eigenvalue weighted by Gasteiger charge is -2.19. The van der Waals surface area contributed by atoms with E-state index in [9.17, 15) is 13.2 Å². The summed E-state index contributed by atoms with van der Waals surface area (Å²) in [6, 6.07) is 6.16. The zero-order valence-corrected chi connectivity index (χ0v) is 13.9. The van der Waals surface area contributed by atoms with E-state index in [0.717, 1.165) is 25.7 Å². The number of nitrogens with one attached hydrogen (secondary N) is 1. The van der Waals surface area contributed by atoms with Gasteiger partial charge in [-0.1, -0.05) is 12.8 Å². The van der Waals surface area contributed by atoms with Gasteiger partial charge in [-0.05, 0) is 51.0 Å². The summed E-state index contributed by atoms with van der Waals surface area (Å²) in [6.45, 7) is 4.00. The lowest BCUT2D eigenvalue weighted by atomic mass is 10.1. The molecule has 0 aromatic heterocycles. The number of carbonyl (C=O) groups excluding carboxylic acids is 1. The standard InChI is InChI=1S/C16H24N2O3S/c1-16(2,17)11-18-15(19)12-7-9-14(10-8-12)22(20,21)13-5-3-4-6-13/h7-10,13H,3-6,11,17H2,1-2H3,(H,18,19). The molecule has 6 heteroatoms. The maximum atomic E-state index is 12.5. The first-order chi connectivity index (χ1) is 10.2. The quantitative estimate of drug-likeness (QED) is 0.865. The van der Waals surface area contributed by atoms with Gasteiger partial charge in [0.15, 0.2) is 9.84 Å². The first-order valence-electron chi connectivity index (χ1n) is 7.61. The molecule has 0 spiro atoms. The topological polar surface area (TPSA) is 89.3 Å². The number of sulfone groups is 1. The molecule has 1 saturated carbocycles. The third-order valence-corrected chi connectivity index (χ3v) is 6.17. The normalized spacial score (nSPS) is 16.7. The van der Waals surface area contributed by atoms with Gasteiger partial charge in [0.05, 0.1) is 10.1 Å². The molecular formula is C16H24N2O3S. The summed E-state index contributed by atoms with van der Waals surface area (Å²) >= 11 is 0. The average Bonchev–Trinajstić information content (AvgIpc) is 2.99. The van der Waals surface area contributed by atoms with Crippen LogP contribution in [-0.2, 0) is 9.84 Å². The smallest absolute Gasteiger partial charge is 0.251 e. The molecule has 5 nitrogen and oxygen atoms in total. The van der Waals surface area contributed by atoms with Crippen LogP contribution in [0.4, 0.5) is 0 Å². The van der Waals surface area contributed by atoms with Gasteiger partial charge in [0.2, 0.25) is 0 Å². The fraction of sp³-hybridized carbons (Fsp3) is 0.562. The van der Waals surface area contributed by atoms with Crippen molar-refractivity contribution in [2.24, 2.45) is 5.73 Å². The van der Waals surface area contributed by atoms with Crippen molar-refractivity contribution in [2.75, 3.05) is 6.54 Å². The van der Waals surface area contributed by atoms with Crippen LogP contribution < -0.4 is 11.1 Å². The Labute approximate surface area is 132 Å². The van der Waals surface area contributed by atoms with E-state index in [1.807, 2.05) is 13.8 Å². The Hall–Kier alpha value is -1.40. The highest BCUT2D eigenvalue weighted by Gasteiger charge is 2.30. The molecule has 0 radical (unpaired) electrons. The molecule has 0 saturated heterocycles. The van der Waals surface area contributed by atoms with Crippen LogP contribution >= 0.6 is 0 Å². The van der Waals surface area contributed by atoms with Gasteiger partial charge in [-0.3, -0.25) is 4.79 Å². The molecule has 1 amide bonds. The molecule has 3 N–H and O–H groups in total. The van der Waals surface area contributed by atoms with Crippen molar-refractivity contribution >= 4 is 15.7 Å². The third kappa shape index (κ3) is 4.08. The molecule has 0 aliphatic heterocycles. The molecular weight excluding hydrogens is 300 g/mol. The van der Waals surface area contributed by atoms with E-state index < -0.39 is 15.4 Å². The lowest BCUT2D eigenvalue weighted by molar-refractivity contribution is 0.0946. The van der Waals surface area contributed by atoms with E-state index in [4.69, 9.17) is 5.73 Å². The molecule has 1 aromatic carbocycles. The summed E-state index contributed by atoms with van der Waals surface area (Å²) in [7, 11) is -3.27. The van der Waals surface area contributed by atoms with Gasteiger partial charge in [-0.15, -0.1) is 0 Å². The van der Waals surface area contributed by atoms with Crippen LogP contribution in [0.25, 0.3) is 0 Å². The van der Waals surface area contributed by atoms with Gasteiger partial charge in [0.25, 0.3) is 5.91 Å². The maximum absolute atomic E-state index is 12.5. The van der Waals surface area contributed by atoms with Crippen molar-refractivity contribution in [3.8, 4) is 0 Å². The van der Waals surface area contributed by atoms with Crippen LogP contribution in [0.15, 0.2) is 29.2 Å². The van der Waals surface area contributed by atoms with E-state index in [-0.39, 0.29) is 11.2 Å². The number of hydrogen-bond donors (Lipinski definition) is 2. The molecule has 1 aliphatic carbocycles. The summed E-state index contributed by atoms with van der Waals surface area (Å²) in [5.41, 5.74) is 5.77. The maximum Gasteiger partial charge on any atom is 0.251 e. The first-order valence-corrected chi connectivity index (χ1v) is 9.16. The van der Waals surface area contributed by atoms with E-state index in [1.54, 1.807) is 12.1 Å². The minimum atomic E-state index is -3.27. The van der Waals surface area contributed by atoms with Crippen LogP contribution in [0.2, 0.25) is 0 Å². The zero-order valence-electron chi connectivity index (χ0n) is 13.1. The van der Waals surface area contributed by atoms with E-state index in [2.05, 4.69) is 5.32 Å². The second-order valence-corrected chi connectivity index (χ2v) is 8.88. The minimum absolute atomic E-state index is 0.247. The predicted molar refractivity (Wildman–Crippen MR) is 86.5 cm³/mol. The van der Waals surface area contributed by atoms with Crippen molar-refractivity contribution < 1.29 is 13.2 Å². The second-order valence-electron chi connectivity index (χ2n) is 6.65. The van der Waals surface area contributed by atoms with Gasteiger partial charge in [-0.2, -0.15) is 0 Å². The molecule has 1 aromatic rings. The number of benzene rings is 1. The highest BCUT2D eigenvalue weighted by atomic mass is 32.2. The molecule has 122 valence electrons. The molecule has 0 atom stereocenters. The zero-order chi connectivity index (χ0) is 16.4. The highest BCUT2D eigenvalue weighted by molar-refractivity contribution is 7.92. The first kappa shape index (κ1) is 17.0. The number of hydrogen-bond acceptors (Lipinski definition) is 4. The summed E-state index contributed by atoms with van der Waals surface area (Å²) in [5.74, 6) is -0.247. The third-order valence-electron chi connectivity index (χ3n) is 3.89. The molecule has 2 rings (SSSR count). The van der Waals surface area contributed by atoms with Crippen molar-refractivity contribution in [3.05, 3.63) is 29.8 Å². The molecule has 0 unspecified atom stereocenters. The van der Waals surface area contributed by atoms with Crippen molar-refractivity contribution in [2.45, 2.75) is 55.2 Å². The summed E-state index contributed by atoms with van der Waals surface area (Å²) < 4.78 is 24.9. The van der Waals surface area contributed by atoms with Crippen molar-refractivity contribution in [1.82, 2.24) is 5.32 Å². The highest BCUT2D eigenvalue weighted by Crippen LogP contribution is 2.29. The number of nitrogens with two attached hydrogens (primary N) is 1. The fourth-order valence-electron chi connectivity index (χ4n) is 2.60. The average molecular weight is 324 g/mol. The molecule has 22 heavy (non-hydrogen) atoms. The lowest BCUT2D eigenvalue weighted by Crippen LogP contribution is -2.45. The van der Waals surface area contributed by atoms with Crippen LogP contribution in [-0.4, -0.2) is 31.7 Å². The molecule has 1 aliphatic rings. The second kappa shape index (κ2) is 6.38. The van der Waals surface area contributed by atoms with Crippen LogP contribution in [0.5, 0.6) is 0 Å². The number of carbonyl (C=O) groups is 1. The Morgan fingerprint density at radius 1 is 1.23 bits per heavy atom. The summed E-state index contributed by atoms with van der Waals surface area (Å²) in [4.78, 5) is 12.3. The minimum Gasteiger partial charge on any atom is -0.350 e. The number of rotatable bonds is 5. The van der Waals surface area contributed by atoms with Gasteiger partial charge in [-0.25, -0.2) is 8.42 Å². The van der Waals surface area contributed by atoms with Crippen LogP contribution in [0, 0.1) is 0 Å². The molecule has 1 fully saturated rings. The SMILES string of the molecule is CC(C)(N)CNC(=O)c1ccc(S(=O)(=O)C2CCCC2)cc1. The summed E-state index contributed by atoms with van der Waals surface area (Å²) in [6.07, 6.45) is 3.41. The van der Waals surface area contributed by atoms with Crippen molar-refractivity contribution in [3.63, 3.8) is 0 Å². The number of amides is 1. The monoisotopic (exact) mass is 324 g/mol. The Morgan fingerprint density at radius 2 is 1.77 bits per heavy atom. The summed E-state index contributed by atoms with van der Waals surface area (Å²) in [5, 5.41) is 2.47. The van der Waals surface area contributed by atoms with Gasteiger partial charge < -0.3 is 11.1 Å². The Bertz CT molecular complexity index is 624. The Balaban J connectivity index is 2.08. The van der Waals surface area contributed by atoms with Gasteiger partial charge >= 0.3 is 0 Å². The van der Waals surface area contributed by atoms with Crippen molar-refractivity contribution in [1.29, 1.82) is 0 Å². The van der Waals surface area contributed by atoms with E-state index >= 15 is 0 Å². The van der Waals surface area contributed by atoms with Gasteiger partial charge in [0, 0.05) is 17.6 Å². The Kier molecular flexibility index (Phi) is 4.92. The largest absolute Gasteiger partial charge is 0.350 e. The Morgan fingerprint density at radius 3 is 2.27 bits per heavy atom. The van der Waals surface area contributed by atoms with E-state index in [1.165, 1.54) is 12.1 Å². The molecule has 0 heterocycles. The molecule has 0 bridgehead atoms. The predicted octanol–water partition coefficient (Wildman–Crippen LogP) is 1.87. The van der Waals surface area contributed by atoms with Crippen LogP contribution in [0.3, 0.4) is 0 Å². The van der Waals surface area contributed by atoms with E-state index in [0.29, 0.717) is 17.0 Å². The van der Waals surface area contributed by atoms with Gasteiger partial charge in [0.1, 0.15) is 0 Å².